The number of hydrogen-bond donors (Lipinski definition) is 1. The average Bonchev–Trinajstić information content (AvgIpc) is 3.39. The highest BCUT2D eigenvalue weighted by molar-refractivity contribution is 7.89. The Morgan fingerprint density at radius 3 is 2.41 bits per heavy atom. The van der Waals surface area contributed by atoms with Crippen molar-refractivity contribution >= 4 is 21.7 Å². The molecule has 1 unspecified atom stereocenters. The lowest BCUT2D eigenvalue weighted by Gasteiger charge is -2.31. The number of nitrogens with zero attached hydrogens (tertiary/aromatic N) is 3. The van der Waals surface area contributed by atoms with Crippen LogP contribution in [0.3, 0.4) is 0 Å². The van der Waals surface area contributed by atoms with E-state index < -0.39 is 10.0 Å². The number of amides is 1. The fourth-order valence-electron chi connectivity index (χ4n) is 4.14. The Labute approximate surface area is 199 Å². The third-order valence-electron chi connectivity index (χ3n) is 6.26. The summed E-state index contributed by atoms with van der Waals surface area (Å²) in [5.41, 5.74) is 2.34. The van der Waals surface area contributed by atoms with Gasteiger partial charge in [-0.15, -0.1) is 0 Å². The summed E-state index contributed by atoms with van der Waals surface area (Å²) in [5, 5.41) is 3.06. The lowest BCUT2D eigenvalue weighted by atomic mass is 9.96. The van der Waals surface area contributed by atoms with Crippen LogP contribution in [-0.2, 0) is 14.8 Å². The Balaban J connectivity index is 1.34. The predicted molar refractivity (Wildman–Crippen MR) is 128 cm³/mol. The molecule has 0 aliphatic carbocycles. The number of Topliss-reactive ketones (excluding diaryl/α,β-unsaturated/α-hetero) is 1. The maximum absolute atomic E-state index is 13.0. The minimum absolute atomic E-state index is 0.0678. The molecule has 0 bridgehead atoms. The fraction of sp³-hybridized carbons (Fsp3) is 0.320. The van der Waals surface area contributed by atoms with Gasteiger partial charge < -0.3 is 9.88 Å². The maximum atomic E-state index is 13.0. The van der Waals surface area contributed by atoms with Crippen LogP contribution in [0.15, 0.2) is 72.1 Å². The highest BCUT2D eigenvalue weighted by Crippen LogP contribution is 2.25. The third-order valence-corrected chi connectivity index (χ3v) is 8.15. The Morgan fingerprint density at radius 1 is 1.09 bits per heavy atom. The topological polar surface area (TPSA) is 101 Å². The van der Waals surface area contributed by atoms with E-state index in [0.717, 1.165) is 11.3 Å². The van der Waals surface area contributed by atoms with Crippen molar-refractivity contribution in [2.45, 2.75) is 37.6 Å². The Bertz CT molecular complexity index is 1260. The summed E-state index contributed by atoms with van der Waals surface area (Å²) < 4.78 is 29.4. The van der Waals surface area contributed by atoms with Crippen molar-refractivity contribution in [2.24, 2.45) is 5.92 Å². The van der Waals surface area contributed by atoms with Gasteiger partial charge in [0.15, 0.2) is 5.78 Å². The predicted octanol–water partition coefficient (Wildman–Crippen LogP) is 3.35. The van der Waals surface area contributed by atoms with Crippen LogP contribution in [0.1, 0.15) is 48.7 Å². The Morgan fingerprint density at radius 2 is 1.79 bits per heavy atom. The normalized spacial score (nSPS) is 16.2. The highest BCUT2D eigenvalue weighted by Gasteiger charge is 2.32. The minimum atomic E-state index is -3.71. The molecule has 9 heteroatoms. The maximum Gasteiger partial charge on any atom is 0.243 e. The summed E-state index contributed by atoms with van der Waals surface area (Å²) >= 11 is 0. The number of hydrogen-bond acceptors (Lipinski definition) is 5. The molecule has 2 aromatic carbocycles. The lowest BCUT2D eigenvalue weighted by Crippen LogP contribution is -2.43. The Hall–Kier alpha value is -3.30. The van der Waals surface area contributed by atoms with Gasteiger partial charge in [0.25, 0.3) is 0 Å². The van der Waals surface area contributed by atoms with Crippen LogP contribution in [-0.4, -0.2) is 47.1 Å². The third kappa shape index (κ3) is 5.10. The number of carbonyl (C=O) groups excluding carboxylic acids is 2. The van der Waals surface area contributed by atoms with E-state index >= 15 is 0 Å². The number of nitrogens with one attached hydrogen (secondary N) is 1. The van der Waals surface area contributed by atoms with E-state index in [1.54, 1.807) is 24.7 Å². The molecule has 1 aliphatic heterocycles. The van der Waals surface area contributed by atoms with E-state index in [1.165, 1.54) is 23.4 Å². The van der Waals surface area contributed by atoms with Crippen LogP contribution in [0, 0.1) is 5.92 Å². The van der Waals surface area contributed by atoms with Gasteiger partial charge in [-0.05, 0) is 56.5 Å². The number of sulfonamides is 1. The molecule has 1 N–H and O–H groups in total. The molecule has 178 valence electrons. The lowest BCUT2D eigenvalue weighted by molar-refractivity contribution is -0.126. The second kappa shape index (κ2) is 9.90. The van der Waals surface area contributed by atoms with Crippen molar-refractivity contribution in [3.63, 3.8) is 0 Å². The zero-order chi connectivity index (χ0) is 24.3. The van der Waals surface area contributed by atoms with Gasteiger partial charge in [-0.3, -0.25) is 9.59 Å². The number of benzene rings is 2. The Kier molecular flexibility index (Phi) is 6.95. The quantitative estimate of drug-likeness (QED) is 0.523. The van der Waals surface area contributed by atoms with E-state index in [-0.39, 0.29) is 41.6 Å². The summed E-state index contributed by atoms with van der Waals surface area (Å²) in [6.45, 7) is 3.87. The van der Waals surface area contributed by atoms with Gasteiger partial charge in [0.2, 0.25) is 15.9 Å². The standard InChI is InChI=1S/C25H28N4O4S/c1-18(20-6-8-23(9-7-20)28-15-12-26-17-28)27-25(31)21-10-13-29(14-11-21)34(32,33)24-5-3-4-22(16-24)19(2)30/h3-9,12,15-18,21H,10-11,13-14H2,1-2H3,(H,27,31). The number of piperidine rings is 1. The van der Waals surface area contributed by atoms with E-state index in [4.69, 9.17) is 0 Å². The summed E-state index contributed by atoms with van der Waals surface area (Å²) in [4.78, 5) is 28.6. The molecule has 1 fully saturated rings. The average molecular weight is 481 g/mol. The van der Waals surface area contributed by atoms with Gasteiger partial charge in [0.1, 0.15) is 0 Å². The molecule has 4 rings (SSSR count). The molecular formula is C25H28N4O4S. The van der Waals surface area contributed by atoms with Gasteiger partial charge in [0, 0.05) is 42.7 Å². The monoisotopic (exact) mass is 480 g/mol. The number of carbonyl (C=O) groups is 2. The van der Waals surface area contributed by atoms with Gasteiger partial charge in [-0.2, -0.15) is 4.31 Å². The van der Waals surface area contributed by atoms with Crippen molar-refractivity contribution in [3.8, 4) is 5.69 Å². The molecule has 34 heavy (non-hydrogen) atoms. The molecule has 2 heterocycles. The van der Waals surface area contributed by atoms with Crippen molar-refractivity contribution in [3.05, 3.63) is 78.4 Å². The smallest absolute Gasteiger partial charge is 0.243 e. The molecule has 1 aromatic heterocycles. The second-order valence-electron chi connectivity index (χ2n) is 8.55. The molecular weight excluding hydrogens is 452 g/mol. The molecule has 3 aromatic rings. The van der Waals surface area contributed by atoms with Gasteiger partial charge in [-0.1, -0.05) is 24.3 Å². The highest BCUT2D eigenvalue weighted by atomic mass is 32.2. The number of ketones is 1. The zero-order valence-corrected chi connectivity index (χ0v) is 20.0. The van der Waals surface area contributed by atoms with E-state index in [2.05, 4.69) is 10.3 Å². The molecule has 1 atom stereocenters. The second-order valence-corrected chi connectivity index (χ2v) is 10.5. The SMILES string of the molecule is CC(=O)c1cccc(S(=O)(=O)N2CCC(C(=O)NC(C)c3ccc(-n4ccnc4)cc3)CC2)c1. The zero-order valence-electron chi connectivity index (χ0n) is 19.2. The largest absolute Gasteiger partial charge is 0.349 e. The minimum Gasteiger partial charge on any atom is -0.349 e. The molecule has 1 saturated heterocycles. The van der Waals surface area contributed by atoms with Crippen LogP contribution in [0.25, 0.3) is 5.69 Å². The first-order valence-corrected chi connectivity index (χ1v) is 12.7. The van der Waals surface area contributed by atoms with Crippen LogP contribution in [0.5, 0.6) is 0 Å². The number of aromatic nitrogens is 2. The summed E-state index contributed by atoms with van der Waals surface area (Å²) in [6.07, 6.45) is 6.21. The fourth-order valence-corrected chi connectivity index (χ4v) is 5.66. The molecule has 1 aliphatic rings. The van der Waals surface area contributed by atoms with Gasteiger partial charge >= 0.3 is 0 Å². The van der Waals surface area contributed by atoms with Crippen molar-refractivity contribution < 1.29 is 18.0 Å². The van der Waals surface area contributed by atoms with Gasteiger partial charge in [-0.25, -0.2) is 13.4 Å². The summed E-state index contributed by atoms with van der Waals surface area (Å²) in [5.74, 6) is -0.498. The van der Waals surface area contributed by atoms with Crippen molar-refractivity contribution in [1.82, 2.24) is 19.2 Å². The van der Waals surface area contributed by atoms with Crippen LogP contribution in [0.2, 0.25) is 0 Å². The van der Waals surface area contributed by atoms with E-state index in [0.29, 0.717) is 18.4 Å². The molecule has 0 saturated carbocycles. The first kappa shape index (κ1) is 23.8. The van der Waals surface area contributed by atoms with Crippen LogP contribution < -0.4 is 5.32 Å². The van der Waals surface area contributed by atoms with Crippen molar-refractivity contribution in [2.75, 3.05) is 13.1 Å². The number of rotatable bonds is 7. The molecule has 1 amide bonds. The molecule has 0 radical (unpaired) electrons. The van der Waals surface area contributed by atoms with Gasteiger partial charge in [0.05, 0.1) is 17.3 Å². The molecule has 0 spiro atoms. The number of imidazole rings is 1. The van der Waals surface area contributed by atoms with Crippen molar-refractivity contribution in [1.29, 1.82) is 0 Å². The van der Waals surface area contributed by atoms with Crippen LogP contribution in [0.4, 0.5) is 0 Å². The van der Waals surface area contributed by atoms with E-state index in [9.17, 15) is 18.0 Å². The van der Waals surface area contributed by atoms with E-state index in [1.807, 2.05) is 42.0 Å². The van der Waals surface area contributed by atoms with Crippen LogP contribution >= 0.6 is 0 Å². The first-order chi connectivity index (χ1) is 16.3. The summed E-state index contributed by atoms with van der Waals surface area (Å²) in [6, 6.07) is 13.8. The first-order valence-electron chi connectivity index (χ1n) is 11.3. The molecule has 8 nitrogen and oxygen atoms in total. The summed E-state index contributed by atoms with van der Waals surface area (Å²) in [7, 11) is -3.71.